The largest absolute Gasteiger partial charge is 0.355 e. The summed E-state index contributed by atoms with van der Waals surface area (Å²) in [6.07, 6.45) is 5.49. The Morgan fingerprint density at radius 2 is 1.83 bits per heavy atom. The molecule has 4 rings (SSSR count). The lowest BCUT2D eigenvalue weighted by molar-refractivity contribution is 0.699. The predicted molar refractivity (Wildman–Crippen MR) is 126 cm³/mol. The topological polar surface area (TPSA) is 34.0 Å². The summed E-state index contributed by atoms with van der Waals surface area (Å²) in [6.45, 7) is 10.8. The molecule has 1 aliphatic carbocycles. The van der Waals surface area contributed by atoms with E-state index in [-0.39, 0.29) is 0 Å². The van der Waals surface area contributed by atoms with E-state index >= 15 is 0 Å². The summed E-state index contributed by atoms with van der Waals surface area (Å²) in [5.41, 5.74) is 9.31. The van der Waals surface area contributed by atoms with Crippen molar-refractivity contribution >= 4 is 34.4 Å². The van der Waals surface area contributed by atoms with Gasteiger partial charge in [0, 0.05) is 31.1 Å². The quantitative estimate of drug-likeness (QED) is 0.483. The van der Waals surface area contributed by atoms with Crippen LogP contribution in [0.3, 0.4) is 0 Å². The van der Waals surface area contributed by atoms with Gasteiger partial charge in [-0.25, -0.2) is 9.97 Å². The van der Waals surface area contributed by atoms with Gasteiger partial charge in [-0.2, -0.15) is 0 Å². The fourth-order valence-corrected chi connectivity index (χ4v) is 4.90. The van der Waals surface area contributed by atoms with Gasteiger partial charge in [0.15, 0.2) is 5.82 Å². The second-order valence-electron chi connectivity index (χ2n) is 8.49. The molecule has 0 amide bonds. The molecule has 0 radical (unpaired) electrons. The lowest BCUT2D eigenvalue weighted by Gasteiger charge is -2.24. The van der Waals surface area contributed by atoms with Gasteiger partial charge in [-0.1, -0.05) is 36.8 Å². The Morgan fingerprint density at radius 3 is 2.41 bits per heavy atom. The van der Waals surface area contributed by atoms with E-state index in [1.165, 1.54) is 35.1 Å². The van der Waals surface area contributed by atoms with E-state index in [1.807, 2.05) is 0 Å². The zero-order valence-electron chi connectivity index (χ0n) is 18.1. The fraction of sp³-hybridized carbons (Fsp3) is 0.458. The van der Waals surface area contributed by atoms with Crippen LogP contribution in [0.15, 0.2) is 18.5 Å². The summed E-state index contributed by atoms with van der Waals surface area (Å²) in [6, 6.07) is 4.49. The molecular formula is C24H30N4S. The van der Waals surface area contributed by atoms with E-state index in [2.05, 4.69) is 56.3 Å². The molecule has 1 aliphatic rings. The Bertz CT molecular complexity index is 1060. The number of anilines is 1. The van der Waals surface area contributed by atoms with Gasteiger partial charge in [-0.3, -0.25) is 0 Å². The third kappa shape index (κ3) is 3.57. The van der Waals surface area contributed by atoms with Crippen molar-refractivity contribution in [3.05, 3.63) is 40.8 Å². The minimum absolute atomic E-state index is 0.804. The Morgan fingerprint density at radius 1 is 1.14 bits per heavy atom. The van der Waals surface area contributed by atoms with E-state index < -0.39 is 0 Å². The molecule has 4 nitrogen and oxygen atoms in total. The zero-order valence-corrected chi connectivity index (χ0v) is 18.9. The maximum Gasteiger partial charge on any atom is 0.156 e. The Kier molecular flexibility index (Phi) is 5.43. The molecule has 1 fully saturated rings. The van der Waals surface area contributed by atoms with E-state index in [9.17, 15) is 0 Å². The molecule has 1 saturated carbocycles. The van der Waals surface area contributed by atoms with Crippen LogP contribution in [0.5, 0.6) is 0 Å². The second kappa shape index (κ2) is 7.86. The monoisotopic (exact) mass is 406 g/mol. The van der Waals surface area contributed by atoms with Gasteiger partial charge in [0.05, 0.1) is 5.69 Å². The highest BCUT2D eigenvalue weighted by atomic mass is 32.1. The fourth-order valence-electron chi connectivity index (χ4n) is 4.63. The smallest absolute Gasteiger partial charge is 0.156 e. The minimum Gasteiger partial charge on any atom is -0.355 e. The first kappa shape index (κ1) is 20.0. The van der Waals surface area contributed by atoms with Crippen molar-refractivity contribution in [2.24, 2.45) is 13.0 Å². The molecule has 1 aromatic carbocycles. The number of rotatable bonds is 7. The average molecular weight is 407 g/mol. The molecule has 2 aromatic heterocycles. The number of hydrogen-bond donors (Lipinski definition) is 0. The normalized spacial score (nSPS) is 13.8. The van der Waals surface area contributed by atoms with Crippen molar-refractivity contribution in [2.45, 2.75) is 47.0 Å². The van der Waals surface area contributed by atoms with Crippen molar-refractivity contribution < 1.29 is 0 Å². The Labute approximate surface area is 179 Å². The molecule has 0 saturated heterocycles. The van der Waals surface area contributed by atoms with Gasteiger partial charge in [0.1, 0.15) is 17.4 Å². The van der Waals surface area contributed by atoms with Crippen LogP contribution in [-0.2, 0) is 7.05 Å². The molecule has 0 atom stereocenters. The van der Waals surface area contributed by atoms with Gasteiger partial charge in [0.2, 0.25) is 0 Å². The number of aromatic nitrogens is 3. The van der Waals surface area contributed by atoms with Gasteiger partial charge in [-0.05, 0) is 62.6 Å². The number of fused-ring (bicyclic) bond motifs is 1. The second-order valence-corrected chi connectivity index (χ2v) is 8.73. The molecule has 0 aliphatic heterocycles. The lowest BCUT2D eigenvalue weighted by Crippen LogP contribution is -2.28. The third-order valence-corrected chi connectivity index (χ3v) is 6.22. The number of thiocarbonyl (C=S) groups is 1. The van der Waals surface area contributed by atoms with Crippen LogP contribution < -0.4 is 4.90 Å². The number of benzene rings is 1. The third-order valence-electron chi connectivity index (χ3n) is 6.00. The lowest BCUT2D eigenvalue weighted by atomic mass is 9.93. The molecule has 3 aromatic rings. The molecule has 0 N–H and O–H groups in total. The first-order valence-electron chi connectivity index (χ1n) is 10.6. The highest BCUT2D eigenvalue weighted by Crippen LogP contribution is 2.40. The summed E-state index contributed by atoms with van der Waals surface area (Å²) in [7, 11) is 2.09. The van der Waals surface area contributed by atoms with Gasteiger partial charge in [0.25, 0.3) is 0 Å². The van der Waals surface area contributed by atoms with Crippen LogP contribution >= 0.6 is 12.2 Å². The van der Waals surface area contributed by atoms with Crippen LogP contribution in [0.1, 0.15) is 48.6 Å². The first-order chi connectivity index (χ1) is 14.0. The van der Waals surface area contributed by atoms with E-state index in [0.717, 1.165) is 53.5 Å². The van der Waals surface area contributed by atoms with Crippen LogP contribution in [0.25, 0.3) is 22.2 Å². The van der Waals surface area contributed by atoms with Crippen LogP contribution in [-0.4, -0.2) is 33.0 Å². The maximum absolute atomic E-state index is 5.48. The van der Waals surface area contributed by atoms with Gasteiger partial charge in [-0.15, -0.1) is 0 Å². The maximum atomic E-state index is 5.48. The molecule has 2 heterocycles. The summed E-state index contributed by atoms with van der Waals surface area (Å²) in [4.78, 5) is 12.0. The average Bonchev–Trinajstić information content (AvgIpc) is 3.45. The Balaban J connectivity index is 1.99. The predicted octanol–water partition coefficient (Wildman–Crippen LogP) is 5.53. The van der Waals surface area contributed by atoms with Crippen molar-refractivity contribution in [3.8, 4) is 11.1 Å². The number of nitrogens with zero attached hydrogens (tertiary/aromatic N) is 4. The summed E-state index contributed by atoms with van der Waals surface area (Å²) >= 11 is 5.48. The standard InChI is InChI=1S/C24H30N4S/c1-6-9-28(12-18-7-8-18)24-23-22(25-14-26-24)21(19(13-29)27(23)5)20-16(3)10-15(2)11-17(20)4/h10-11,13-14,18H,6-9,12H2,1-5H3. The molecule has 0 bridgehead atoms. The highest BCUT2D eigenvalue weighted by molar-refractivity contribution is 7.79. The number of aryl methyl sites for hydroxylation is 4. The molecule has 0 spiro atoms. The summed E-state index contributed by atoms with van der Waals surface area (Å²) in [5.74, 6) is 1.84. The van der Waals surface area contributed by atoms with Crippen LogP contribution in [0.2, 0.25) is 0 Å². The number of hydrogen-bond acceptors (Lipinski definition) is 4. The van der Waals surface area contributed by atoms with Crippen LogP contribution in [0, 0.1) is 26.7 Å². The van der Waals surface area contributed by atoms with Crippen LogP contribution in [0.4, 0.5) is 5.82 Å². The van der Waals surface area contributed by atoms with Crippen molar-refractivity contribution in [2.75, 3.05) is 18.0 Å². The summed E-state index contributed by atoms with van der Waals surface area (Å²) in [5, 5.41) is 1.80. The van der Waals surface area contributed by atoms with E-state index in [4.69, 9.17) is 22.2 Å². The molecule has 5 heteroatoms. The molecule has 0 unspecified atom stereocenters. The molecular weight excluding hydrogens is 376 g/mol. The molecule has 29 heavy (non-hydrogen) atoms. The van der Waals surface area contributed by atoms with Crippen molar-refractivity contribution in [1.82, 2.24) is 14.5 Å². The van der Waals surface area contributed by atoms with E-state index in [1.54, 1.807) is 11.7 Å². The van der Waals surface area contributed by atoms with E-state index in [0.29, 0.717) is 0 Å². The van der Waals surface area contributed by atoms with Crippen molar-refractivity contribution in [3.63, 3.8) is 0 Å². The Hall–Kier alpha value is -2.27. The SMILES string of the molecule is CCCN(CC1CC1)c1ncnc2c(-c3c(C)cc(C)cc3C)c(C=S)n(C)c12. The minimum atomic E-state index is 0.804. The molecule has 152 valence electrons. The zero-order chi connectivity index (χ0) is 20.7. The highest BCUT2D eigenvalue weighted by Gasteiger charge is 2.28. The summed E-state index contributed by atoms with van der Waals surface area (Å²) < 4.78 is 2.20. The van der Waals surface area contributed by atoms with Crippen molar-refractivity contribution in [1.29, 1.82) is 0 Å². The van der Waals surface area contributed by atoms with Gasteiger partial charge < -0.3 is 9.47 Å². The first-order valence-corrected chi connectivity index (χ1v) is 11.0. The van der Waals surface area contributed by atoms with Gasteiger partial charge >= 0.3 is 0 Å².